The number of piperazine rings is 1. The number of nitrogens with one attached hydrogen (secondary N) is 2. The van der Waals surface area contributed by atoms with Crippen molar-refractivity contribution in [3.63, 3.8) is 0 Å². The number of aromatic nitrogens is 2. The van der Waals surface area contributed by atoms with Crippen LogP contribution in [0, 0.1) is 0 Å². The maximum absolute atomic E-state index is 6.24. The van der Waals surface area contributed by atoms with Gasteiger partial charge in [-0.3, -0.25) is 4.90 Å². The molecule has 7 nitrogen and oxygen atoms in total. The van der Waals surface area contributed by atoms with Gasteiger partial charge in [0.15, 0.2) is 5.82 Å². The highest BCUT2D eigenvalue weighted by atomic mass is 35.5. The minimum absolute atomic E-state index is 0.227. The quantitative estimate of drug-likeness (QED) is 0.718. The third-order valence-corrected chi connectivity index (χ3v) is 5.75. The Morgan fingerprint density at radius 1 is 1.17 bits per heavy atom. The van der Waals surface area contributed by atoms with Crippen molar-refractivity contribution in [2.45, 2.75) is 25.5 Å². The third-order valence-electron chi connectivity index (χ3n) is 5.48. The largest absolute Gasteiger partial charge is 0.376 e. The topological polar surface area (TPSA) is 65.5 Å². The van der Waals surface area contributed by atoms with Gasteiger partial charge < -0.3 is 20.3 Å². The van der Waals surface area contributed by atoms with Gasteiger partial charge in [0.25, 0.3) is 0 Å². The fourth-order valence-corrected chi connectivity index (χ4v) is 3.81. The highest BCUT2D eigenvalue weighted by Gasteiger charge is 2.16. The Labute approximate surface area is 177 Å². The highest BCUT2D eigenvalue weighted by Crippen LogP contribution is 2.23. The predicted octanol–water partition coefficient (Wildman–Crippen LogP) is 3.21. The summed E-state index contributed by atoms with van der Waals surface area (Å²) in [7, 11) is 2.18. The molecule has 1 atom stereocenters. The summed E-state index contributed by atoms with van der Waals surface area (Å²) in [6, 6.07) is 8.46. The number of likely N-dealkylation sites (N-methyl/N-ethyl adjacent to an activating group) is 1. The van der Waals surface area contributed by atoms with Gasteiger partial charge in [0.1, 0.15) is 5.02 Å². The van der Waals surface area contributed by atoms with Crippen molar-refractivity contribution in [1.82, 2.24) is 19.8 Å². The van der Waals surface area contributed by atoms with E-state index in [0.717, 1.165) is 57.9 Å². The van der Waals surface area contributed by atoms with Crippen LogP contribution in [0.4, 0.5) is 17.5 Å². The lowest BCUT2D eigenvalue weighted by atomic mass is 10.2. The molecule has 0 saturated carbocycles. The molecule has 0 amide bonds. The normalized spacial score (nSPS) is 20.7. The molecule has 0 spiro atoms. The monoisotopic (exact) mass is 416 g/mol. The third kappa shape index (κ3) is 5.79. The molecule has 2 aliphatic rings. The molecule has 0 radical (unpaired) electrons. The molecule has 2 aliphatic heterocycles. The van der Waals surface area contributed by atoms with E-state index in [2.05, 4.69) is 61.7 Å². The van der Waals surface area contributed by atoms with Crippen molar-refractivity contribution in [1.29, 1.82) is 0 Å². The average Bonchev–Trinajstić information content (AvgIpc) is 3.25. The SMILES string of the molecule is CN1CCN(Cc2ccc(Nc3ncc(Cl)c(NCC4CCCO4)n3)cc2)CC1. The fourth-order valence-electron chi connectivity index (χ4n) is 3.65. The number of ether oxygens (including phenoxy) is 1. The molecule has 29 heavy (non-hydrogen) atoms. The Morgan fingerprint density at radius 2 is 1.97 bits per heavy atom. The van der Waals surface area contributed by atoms with Crippen molar-refractivity contribution in [2.75, 3.05) is 57.0 Å². The first-order valence-corrected chi connectivity index (χ1v) is 10.7. The van der Waals surface area contributed by atoms with Crippen LogP contribution in [0.25, 0.3) is 0 Å². The van der Waals surface area contributed by atoms with Gasteiger partial charge in [0.05, 0.1) is 12.3 Å². The zero-order valence-corrected chi connectivity index (χ0v) is 17.7. The summed E-state index contributed by atoms with van der Waals surface area (Å²) in [5.74, 6) is 1.16. The summed E-state index contributed by atoms with van der Waals surface area (Å²) in [6.07, 6.45) is 4.03. The van der Waals surface area contributed by atoms with Crippen molar-refractivity contribution >= 4 is 29.1 Å². The van der Waals surface area contributed by atoms with Crippen molar-refractivity contribution in [3.8, 4) is 0 Å². The first kappa shape index (κ1) is 20.3. The predicted molar refractivity (Wildman–Crippen MR) is 117 cm³/mol. The second kappa shape index (κ2) is 9.71. The van der Waals surface area contributed by atoms with E-state index in [0.29, 0.717) is 23.3 Å². The maximum atomic E-state index is 6.24. The Kier molecular flexibility index (Phi) is 6.82. The lowest BCUT2D eigenvalue weighted by Gasteiger charge is -2.32. The van der Waals surface area contributed by atoms with Gasteiger partial charge in [-0.25, -0.2) is 4.98 Å². The van der Waals surface area contributed by atoms with Crippen molar-refractivity contribution in [2.24, 2.45) is 0 Å². The number of nitrogens with zero attached hydrogens (tertiary/aromatic N) is 4. The van der Waals surface area contributed by atoms with Crippen molar-refractivity contribution in [3.05, 3.63) is 41.0 Å². The molecule has 0 aliphatic carbocycles. The molecule has 1 unspecified atom stereocenters. The lowest BCUT2D eigenvalue weighted by molar-refractivity contribution is 0.120. The van der Waals surface area contributed by atoms with Crippen LogP contribution < -0.4 is 10.6 Å². The Hall–Kier alpha value is -1.93. The molecule has 2 fully saturated rings. The fraction of sp³-hybridized carbons (Fsp3) is 0.524. The number of hydrogen-bond acceptors (Lipinski definition) is 7. The number of hydrogen-bond donors (Lipinski definition) is 2. The van der Waals surface area contributed by atoms with E-state index in [4.69, 9.17) is 16.3 Å². The number of anilines is 3. The van der Waals surface area contributed by atoms with Crippen LogP contribution in [-0.4, -0.2) is 72.3 Å². The van der Waals surface area contributed by atoms with Crippen molar-refractivity contribution < 1.29 is 4.74 Å². The van der Waals surface area contributed by atoms with Crippen LogP contribution >= 0.6 is 11.6 Å². The minimum atomic E-state index is 0.227. The lowest BCUT2D eigenvalue weighted by Crippen LogP contribution is -2.43. The summed E-state index contributed by atoms with van der Waals surface area (Å²) in [4.78, 5) is 13.7. The molecule has 0 bridgehead atoms. The molecule has 2 N–H and O–H groups in total. The minimum Gasteiger partial charge on any atom is -0.376 e. The molecular weight excluding hydrogens is 388 g/mol. The van der Waals surface area contributed by atoms with Crippen LogP contribution in [0.5, 0.6) is 0 Å². The summed E-state index contributed by atoms with van der Waals surface area (Å²) in [6.45, 7) is 7.04. The first-order valence-electron chi connectivity index (χ1n) is 10.3. The van der Waals surface area contributed by atoms with Crippen LogP contribution in [0.3, 0.4) is 0 Å². The van der Waals surface area contributed by atoms with Gasteiger partial charge >= 0.3 is 0 Å². The first-order chi connectivity index (χ1) is 14.2. The average molecular weight is 417 g/mol. The zero-order chi connectivity index (χ0) is 20.1. The van der Waals surface area contributed by atoms with Crippen LogP contribution in [-0.2, 0) is 11.3 Å². The van der Waals surface area contributed by atoms with Gasteiger partial charge in [-0.15, -0.1) is 0 Å². The van der Waals surface area contributed by atoms with E-state index in [1.807, 2.05) is 0 Å². The molecule has 156 valence electrons. The Bertz CT molecular complexity index is 788. The molecule has 8 heteroatoms. The number of benzene rings is 1. The van der Waals surface area contributed by atoms with E-state index in [-0.39, 0.29) is 6.10 Å². The second-order valence-corrected chi connectivity index (χ2v) is 8.21. The smallest absolute Gasteiger partial charge is 0.229 e. The summed E-state index contributed by atoms with van der Waals surface area (Å²) < 4.78 is 5.64. The standard InChI is InChI=1S/C21H29ClN6O/c1-27-8-10-28(11-9-27)15-16-4-6-17(7-5-16)25-21-24-14-19(22)20(26-21)23-13-18-3-2-12-29-18/h4-7,14,18H,2-3,8-13,15H2,1H3,(H2,23,24,25,26). The number of halogens is 1. The van der Waals surface area contributed by atoms with Crippen LogP contribution in [0.2, 0.25) is 5.02 Å². The Balaban J connectivity index is 1.33. The van der Waals surface area contributed by atoms with Gasteiger partial charge in [-0.05, 0) is 37.6 Å². The number of rotatable bonds is 7. The van der Waals surface area contributed by atoms with Crippen LogP contribution in [0.1, 0.15) is 18.4 Å². The van der Waals surface area contributed by atoms with E-state index >= 15 is 0 Å². The molecule has 2 aromatic rings. The van der Waals surface area contributed by atoms with E-state index in [1.54, 1.807) is 6.20 Å². The second-order valence-electron chi connectivity index (χ2n) is 7.81. The van der Waals surface area contributed by atoms with E-state index in [1.165, 1.54) is 5.56 Å². The van der Waals surface area contributed by atoms with Gasteiger partial charge in [-0.2, -0.15) is 4.98 Å². The molecule has 4 rings (SSSR count). The summed E-state index contributed by atoms with van der Waals surface area (Å²) in [5.41, 5.74) is 2.27. The molecule has 3 heterocycles. The molecular formula is C21H29ClN6O. The molecule has 2 saturated heterocycles. The van der Waals surface area contributed by atoms with Crippen LogP contribution in [0.15, 0.2) is 30.5 Å². The highest BCUT2D eigenvalue weighted by molar-refractivity contribution is 6.32. The summed E-state index contributed by atoms with van der Waals surface area (Å²) in [5, 5.41) is 7.06. The molecule has 1 aromatic carbocycles. The van der Waals surface area contributed by atoms with Gasteiger partial charge in [-0.1, -0.05) is 23.7 Å². The zero-order valence-electron chi connectivity index (χ0n) is 16.9. The van der Waals surface area contributed by atoms with E-state index < -0.39 is 0 Å². The Morgan fingerprint density at radius 3 is 2.69 bits per heavy atom. The molecule has 1 aromatic heterocycles. The van der Waals surface area contributed by atoms with E-state index in [9.17, 15) is 0 Å². The van der Waals surface area contributed by atoms with Gasteiger partial charge in [0, 0.05) is 51.6 Å². The van der Waals surface area contributed by atoms with Gasteiger partial charge in [0.2, 0.25) is 5.95 Å². The maximum Gasteiger partial charge on any atom is 0.229 e. The summed E-state index contributed by atoms with van der Waals surface area (Å²) >= 11 is 6.24.